The summed E-state index contributed by atoms with van der Waals surface area (Å²) in [5.41, 5.74) is 2.52. The van der Waals surface area contributed by atoms with E-state index in [2.05, 4.69) is 5.32 Å². The smallest absolute Gasteiger partial charge is 0.254 e. The number of ether oxygens (including phenoxy) is 1. The Morgan fingerprint density at radius 3 is 2.80 bits per heavy atom. The average Bonchev–Trinajstić information content (AvgIpc) is 3.27. The van der Waals surface area contributed by atoms with E-state index in [1.165, 1.54) is 0 Å². The number of benzene rings is 1. The lowest BCUT2D eigenvalue weighted by atomic mass is 10.0. The second kappa shape index (κ2) is 8.30. The highest BCUT2D eigenvalue weighted by atomic mass is 16.5. The third kappa shape index (κ3) is 3.69. The van der Waals surface area contributed by atoms with Crippen molar-refractivity contribution in [2.45, 2.75) is 38.8 Å². The third-order valence-corrected chi connectivity index (χ3v) is 5.89. The third-order valence-electron chi connectivity index (χ3n) is 5.89. The molecule has 0 unspecified atom stereocenters. The van der Waals surface area contributed by atoms with Gasteiger partial charge < -0.3 is 19.9 Å². The molecule has 8 nitrogen and oxygen atoms in total. The van der Waals surface area contributed by atoms with Crippen LogP contribution in [-0.4, -0.2) is 58.8 Å². The SMILES string of the molecule is CNc1nc([C@@H]2CCCN2C(=O)c2cccc(OC)c2)nc2c1CCN(C(C)=O)C2. The summed E-state index contributed by atoms with van der Waals surface area (Å²) in [6.07, 6.45) is 2.44. The molecular formula is C22H27N5O3. The quantitative estimate of drug-likeness (QED) is 0.834. The van der Waals surface area contributed by atoms with Crippen LogP contribution < -0.4 is 10.1 Å². The van der Waals surface area contributed by atoms with E-state index in [1.54, 1.807) is 31.1 Å². The summed E-state index contributed by atoms with van der Waals surface area (Å²) in [5.74, 6) is 2.08. The Morgan fingerprint density at radius 1 is 1.23 bits per heavy atom. The Hall–Kier alpha value is -3.16. The van der Waals surface area contributed by atoms with Crippen molar-refractivity contribution in [3.8, 4) is 5.75 Å². The number of hydrogen-bond acceptors (Lipinski definition) is 6. The molecule has 4 rings (SSSR count). The summed E-state index contributed by atoms with van der Waals surface area (Å²) in [7, 11) is 3.43. The van der Waals surface area contributed by atoms with Crippen LogP contribution in [0.4, 0.5) is 5.82 Å². The molecule has 0 spiro atoms. The summed E-state index contributed by atoms with van der Waals surface area (Å²) < 4.78 is 5.27. The Balaban J connectivity index is 1.66. The Labute approximate surface area is 176 Å². The predicted molar refractivity (Wildman–Crippen MR) is 112 cm³/mol. The summed E-state index contributed by atoms with van der Waals surface area (Å²) in [4.78, 5) is 38.3. The van der Waals surface area contributed by atoms with Crippen LogP contribution in [0, 0.1) is 0 Å². The van der Waals surface area contributed by atoms with Crippen molar-refractivity contribution < 1.29 is 14.3 Å². The van der Waals surface area contributed by atoms with Crippen molar-refractivity contribution in [2.24, 2.45) is 0 Å². The summed E-state index contributed by atoms with van der Waals surface area (Å²) in [6, 6.07) is 7.02. The maximum atomic E-state index is 13.2. The van der Waals surface area contributed by atoms with Crippen molar-refractivity contribution in [3.63, 3.8) is 0 Å². The van der Waals surface area contributed by atoms with Crippen LogP contribution in [0.1, 0.15) is 53.2 Å². The zero-order valence-electron chi connectivity index (χ0n) is 17.6. The van der Waals surface area contributed by atoms with E-state index in [0.29, 0.717) is 36.8 Å². The van der Waals surface area contributed by atoms with Gasteiger partial charge in [0.15, 0.2) is 5.82 Å². The standard InChI is InChI=1S/C22H27N5O3/c1-14(28)26-11-9-17-18(13-26)24-21(25-20(17)23-2)19-8-5-10-27(19)22(29)15-6-4-7-16(12-15)30-3/h4,6-7,12,19H,5,8-11,13H2,1-3H3,(H,23,24,25)/t19-/m0/s1. The van der Waals surface area contributed by atoms with Crippen LogP contribution in [0.2, 0.25) is 0 Å². The number of nitrogens with one attached hydrogen (secondary N) is 1. The molecule has 158 valence electrons. The molecule has 0 saturated carbocycles. The minimum Gasteiger partial charge on any atom is -0.497 e. The monoisotopic (exact) mass is 409 g/mol. The second-order valence-corrected chi connectivity index (χ2v) is 7.68. The number of fused-ring (bicyclic) bond motifs is 1. The molecule has 0 aliphatic carbocycles. The zero-order chi connectivity index (χ0) is 21.3. The number of methoxy groups -OCH3 is 1. The van der Waals surface area contributed by atoms with Crippen molar-refractivity contribution in [1.82, 2.24) is 19.8 Å². The van der Waals surface area contributed by atoms with Gasteiger partial charge in [-0.2, -0.15) is 0 Å². The van der Waals surface area contributed by atoms with Gasteiger partial charge in [-0.05, 0) is 37.5 Å². The predicted octanol–water partition coefficient (Wildman–Crippen LogP) is 2.41. The lowest BCUT2D eigenvalue weighted by Gasteiger charge is -2.30. The van der Waals surface area contributed by atoms with Gasteiger partial charge in [-0.3, -0.25) is 9.59 Å². The number of carbonyl (C=O) groups is 2. The summed E-state index contributed by atoms with van der Waals surface area (Å²) in [6.45, 7) is 3.39. The molecule has 1 aromatic carbocycles. The van der Waals surface area contributed by atoms with E-state index in [0.717, 1.165) is 36.3 Å². The molecule has 0 bridgehead atoms. The molecular weight excluding hydrogens is 382 g/mol. The van der Waals surface area contributed by atoms with Crippen LogP contribution in [0.25, 0.3) is 0 Å². The van der Waals surface area contributed by atoms with E-state index in [-0.39, 0.29) is 17.9 Å². The number of nitrogens with zero attached hydrogens (tertiary/aromatic N) is 4. The average molecular weight is 409 g/mol. The van der Waals surface area contributed by atoms with Gasteiger partial charge in [0, 0.05) is 38.2 Å². The Morgan fingerprint density at radius 2 is 2.07 bits per heavy atom. The molecule has 1 saturated heterocycles. The molecule has 3 heterocycles. The van der Waals surface area contributed by atoms with Crippen molar-refractivity contribution in [3.05, 3.63) is 46.9 Å². The van der Waals surface area contributed by atoms with Gasteiger partial charge in [0.05, 0.1) is 25.4 Å². The molecule has 0 radical (unpaired) electrons. The number of carbonyl (C=O) groups excluding carboxylic acids is 2. The first kappa shape index (κ1) is 20.1. The summed E-state index contributed by atoms with van der Waals surface area (Å²) >= 11 is 0. The molecule has 1 atom stereocenters. The minimum absolute atomic E-state index is 0.0440. The van der Waals surface area contributed by atoms with Crippen LogP contribution in [0.3, 0.4) is 0 Å². The largest absolute Gasteiger partial charge is 0.497 e. The molecule has 1 aromatic heterocycles. The first-order valence-electron chi connectivity index (χ1n) is 10.3. The van der Waals surface area contributed by atoms with Gasteiger partial charge in [-0.1, -0.05) is 6.07 Å². The van der Waals surface area contributed by atoms with Crippen molar-refractivity contribution in [2.75, 3.05) is 32.6 Å². The fourth-order valence-electron chi connectivity index (χ4n) is 4.27. The van der Waals surface area contributed by atoms with Gasteiger partial charge in [0.1, 0.15) is 11.6 Å². The molecule has 8 heteroatoms. The minimum atomic E-state index is -0.186. The number of aromatic nitrogens is 2. The molecule has 2 amide bonds. The van der Waals surface area contributed by atoms with Gasteiger partial charge in [-0.15, -0.1) is 0 Å². The fourth-order valence-corrected chi connectivity index (χ4v) is 4.27. The zero-order valence-corrected chi connectivity index (χ0v) is 17.6. The van der Waals surface area contributed by atoms with E-state index < -0.39 is 0 Å². The number of likely N-dealkylation sites (tertiary alicyclic amines) is 1. The van der Waals surface area contributed by atoms with Crippen LogP contribution >= 0.6 is 0 Å². The number of hydrogen-bond donors (Lipinski definition) is 1. The van der Waals surface area contributed by atoms with Gasteiger partial charge in [0.25, 0.3) is 5.91 Å². The molecule has 2 aliphatic rings. The van der Waals surface area contributed by atoms with E-state index in [1.807, 2.05) is 24.1 Å². The first-order chi connectivity index (χ1) is 14.5. The Bertz CT molecular complexity index is 977. The number of anilines is 1. The number of amides is 2. The van der Waals surface area contributed by atoms with E-state index in [4.69, 9.17) is 14.7 Å². The lowest BCUT2D eigenvalue weighted by molar-refractivity contribution is -0.129. The first-order valence-corrected chi connectivity index (χ1v) is 10.3. The fraction of sp³-hybridized carbons (Fsp3) is 0.455. The van der Waals surface area contributed by atoms with E-state index >= 15 is 0 Å². The van der Waals surface area contributed by atoms with E-state index in [9.17, 15) is 9.59 Å². The van der Waals surface area contributed by atoms with Gasteiger partial charge in [-0.25, -0.2) is 9.97 Å². The Kier molecular flexibility index (Phi) is 5.57. The maximum absolute atomic E-state index is 13.2. The molecule has 2 aliphatic heterocycles. The van der Waals surface area contributed by atoms with Gasteiger partial charge in [0.2, 0.25) is 5.91 Å². The van der Waals surface area contributed by atoms with Crippen LogP contribution in [0.15, 0.2) is 24.3 Å². The summed E-state index contributed by atoms with van der Waals surface area (Å²) in [5, 5.41) is 3.18. The highest BCUT2D eigenvalue weighted by molar-refractivity contribution is 5.95. The van der Waals surface area contributed by atoms with Crippen LogP contribution in [-0.2, 0) is 17.8 Å². The molecule has 1 N–H and O–H groups in total. The normalized spacial score (nSPS) is 18.2. The molecule has 1 fully saturated rings. The molecule has 30 heavy (non-hydrogen) atoms. The highest BCUT2D eigenvalue weighted by Crippen LogP contribution is 2.34. The topological polar surface area (TPSA) is 87.7 Å². The van der Waals surface area contributed by atoms with Gasteiger partial charge >= 0.3 is 0 Å². The maximum Gasteiger partial charge on any atom is 0.254 e. The van der Waals surface area contributed by atoms with Crippen molar-refractivity contribution in [1.29, 1.82) is 0 Å². The van der Waals surface area contributed by atoms with Crippen molar-refractivity contribution >= 4 is 17.6 Å². The molecule has 2 aromatic rings. The van der Waals surface area contributed by atoms with Crippen LogP contribution in [0.5, 0.6) is 5.75 Å². The lowest BCUT2D eigenvalue weighted by Crippen LogP contribution is -2.36. The second-order valence-electron chi connectivity index (χ2n) is 7.68. The number of rotatable bonds is 4. The highest BCUT2D eigenvalue weighted by Gasteiger charge is 2.34.